The molecule has 0 bridgehead atoms. The molecule has 3 N–H and O–H groups in total. The first-order valence-electron chi connectivity index (χ1n) is 6.02. The molecule has 1 unspecified atom stereocenters. The van der Waals surface area contributed by atoms with Gasteiger partial charge in [-0.3, -0.25) is 10.5 Å². The number of halogens is 1. The summed E-state index contributed by atoms with van der Waals surface area (Å²) in [6.45, 7) is 2.76. The van der Waals surface area contributed by atoms with Crippen molar-refractivity contribution in [3.05, 3.63) is 46.7 Å². The molecule has 0 aliphatic rings. The molecule has 5 nitrogen and oxygen atoms in total. The van der Waals surface area contributed by atoms with Crippen LogP contribution in [0.15, 0.2) is 30.5 Å². The van der Waals surface area contributed by atoms with Crippen LogP contribution in [0.1, 0.15) is 24.2 Å². The van der Waals surface area contributed by atoms with Crippen molar-refractivity contribution in [3.8, 4) is 5.75 Å². The topological polar surface area (TPSA) is 65.1 Å². The monoisotopic (exact) mass is 280 g/mol. The predicted octanol–water partition coefficient (Wildman–Crippen LogP) is 2.12. The number of aryl methyl sites for hydroxylation is 1. The van der Waals surface area contributed by atoms with Gasteiger partial charge < -0.3 is 4.74 Å². The number of hydrogen-bond acceptors (Lipinski definition) is 4. The number of hydrogen-bond donors (Lipinski definition) is 2. The Morgan fingerprint density at radius 3 is 2.63 bits per heavy atom. The molecule has 19 heavy (non-hydrogen) atoms. The Kier molecular flexibility index (Phi) is 4.42. The Balaban J connectivity index is 2.46. The minimum atomic E-state index is -0.199. The number of ether oxygens (including phenoxy) is 1. The number of nitrogens with one attached hydrogen (secondary N) is 1. The van der Waals surface area contributed by atoms with Crippen molar-refractivity contribution in [1.29, 1.82) is 0 Å². The fourth-order valence-electron chi connectivity index (χ4n) is 2.07. The van der Waals surface area contributed by atoms with Crippen molar-refractivity contribution in [1.82, 2.24) is 15.2 Å². The zero-order valence-corrected chi connectivity index (χ0v) is 11.7. The second kappa shape index (κ2) is 6.06. The van der Waals surface area contributed by atoms with Gasteiger partial charge in [0.05, 0.1) is 19.3 Å². The van der Waals surface area contributed by atoms with Crippen molar-refractivity contribution >= 4 is 11.6 Å². The number of aromatic nitrogens is 2. The van der Waals surface area contributed by atoms with E-state index in [-0.39, 0.29) is 6.04 Å². The number of methoxy groups -OCH3 is 1. The van der Waals surface area contributed by atoms with E-state index in [9.17, 15) is 0 Å². The van der Waals surface area contributed by atoms with Gasteiger partial charge in [-0.2, -0.15) is 5.10 Å². The second-order valence-corrected chi connectivity index (χ2v) is 4.50. The molecular formula is C13H17ClN4O. The minimum absolute atomic E-state index is 0.199. The summed E-state index contributed by atoms with van der Waals surface area (Å²) in [5.41, 5.74) is 4.70. The van der Waals surface area contributed by atoms with E-state index < -0.39 is 0 Å². The van der Waals surface area contributed by atoms with Crippen LogP contribution in [-0.4, -0.2) is 16.9 Å². The molecule has 1 aromatic carbocycles. The van der Waals surface area contributed by atoms with Crippen molar-refractivity contribution in [2.24, 2.45) is 5.84 Å². The molecule has 0 radical (unpaired) electrons. The number of benzene rings is 1. The van der Waals surface area contributed by atoms with Crippen molar-refractivity contribution in [3.63, 3.8) is 0 Å². The van der Waals surface area contributed by atoms with Crippen LogP contribution in [0.4, 0.5) is 0 Å². The Labute approximate surface area is 117 Å². The van der Waals surface area contributed by atoms with E-state index in [1.807, 2.05) is 35.9 Å². The molecule has 1 atom stereocenters. The van der Waals surface area contributed by atoms with Gasteiger partial charge in [-0.05, 0) is 24.6 Å². The van der Waals surface area contributed by atoms with Crippen LogP contribution in [0.3, 0.4) is 0 Å². The minimum Gasteiger partial charge on any atom is -0.493 e. The fraction of sp³-hybridized carbons (Fsp3) is 0.308. The van der Waals surface area contributed by atoms with Crippen molar-refractivity contribution < 1.29 is 4.74 Å². The van der Waals surface area contributed by atoms with Crippen LogP contribution < -0.4 is 16.0 Å². The molecule has 6 heteroatoms. The molecule has 0 saturated carbocycles. The van der Waals surface area contributed by atoms with E-state index in [1.54, 1.807) is 13.3 Å². The summed E-state index contributed by atoms with van der Waals surface area (Å²) in [6, 6.07) is 7.33. The highest BCUT2D eigenvalue weighted by atomic mass is 35.5. The lowest BCUT2D eigenvalue weighted by Gasteiger charge is -2.19. The van der Waals surface area contributed by atoms with Gasteiger partial charge in [-0.25, -0.2) is 5.43 Å². The second-order valence-electron chi connectivity index (χ2n) is 4.07. The van der Waals surface area contributed by atoms with Crippen molar-refractivity contribution in [2.45, 2.75) is 19.5 Å². The molecule has 0 aliphatic heterocycles. The van der Waals surface area contributed by atoms with Gasteiger partial charge in [-0.1, -0.05) is 23.7 Å². The molecule has 2 aromatic rings. The first kappa shape index (κ1) is 13.9. The van der Waals surface area contributed by atoms with Crippen LogP contribution in [0.25, 0.3) is 0 Å². The van der Waals surface area contributed by atoms with Gasteiger partial charge in [-0.15, -0.1) is 0 Å². The Hall–Kier alpha value is -1.56. The molecule has 0 saturated heterocycles. The van der Waals surface area contributed by atoms with Gasteiger partial charge in [0, 0.05) is 11.6 Å². The normalized spacial score (nSPS) is 12.4. The summed E-state index contributed by atoms with van der Waals surface area (Å²) in [7, 11) is 1.62. The summed E-state index contributed by atoms with van der Waals surface area (Å²) in [4.78, 5) is 0. The summed E-state index contributed by atoms with van der Waals surface area (Å²) >= 11 is 5.91. The Morgan fingerprint density at radius 1 is 1.42 bits per heavy atom. The van der Waals surface area contributed by atoms with E-state index in [4.69, 9.17) is 22.2 Å². The maximum absolute atomic E-state index is 5.91. The van der Waals surface area contributed by atoms with E-state index >= 15 is 0 Å². The Morgan fingerprint density at radius 2 is 2.11 bits per heavy atom. The Bertz CT molecular complexity index is 517. The predicted molar refractivity (Wildman–Crippen MR) is 75.1 cm³/mol. The third-order valence-electron chi connectivity index (χ3n) is 3.01. The number of nitrogens with zero attached hydrogens (tertiary/aromatic N) is 2. The number of nitrogens with two attached hydrogens (primary N) is 1. The highest BCUT2D eigenvalue weighted by molar-refractivity contribution is 6.30. The highest BCUT2D eigenvalue weighted by Gasteiger charge is 2.22. The average molecular weight is 281 g/mol. The third kappa shape index (κ3) is 2.73. The molecule has 0 aliphatic carbocycles. The van der Waals surface area contributed by atoms with Crippen LogP contribution >= 0.6 is 11.6 Å². The van der Waals surface area contributed by atoms with Gasteiger partial charge >= 0.3 is 0 Å². The molecule has 0 fully saturated rings. The molecule has 102 valence electrons. The van der Waals surface area contributed by atoms with E-state index in [2.05, 4.69) is 10.5 Å². The van der Waals surface area contributed by atoms with Crippen LogP contribution in [0.5, 0.6) is 5.75 Å². The summed E-state index contributed by atoms with van der Waals surface area (Å²) in [6.07, 6.45) is 1.69. The molecular weight excluding hydrogens is 264 g/mol. The number of rotatable bonds is 5. The van der Waals surface area contributed by atoms with Crippen molar-refractivity contribution in [2.75, 3.05) is 7.11 Å². The largest absolute Gasteiger partial charge is 0.493 e. The first-order chi connectivity index (χ1) is 9.21. The van der Waals surface area contributed by atoms with Crippen LogP contribution in [0.2, 0.25) is 5.02 Å². The standard InChI is InChI=1S/C13H17ClN4O/c1-3-18-13(11(19-2)8-16-18)12(17-15)9-4-6-10(14)7-5-9/h4-8,12,17H,3,15H2,1-2H3. The third-order valence-corrected chi connectivity index (χ3v) is 3.26. The lowest BCUT2D eigenvalue weighted by molar-refractivity contribution is 0.399. The van der Waals surface area contributed by atoms with Crippen LogP contribution in [-0.2, 0) is 6.54 Å². The average Bonchev–Trinajstić information content (AvgIpc) is 2.85. The maximum Gasteiger partial charge on any atom is 0.161 e. The molecule has 0 amide bonds. The summed E-state index contributed by atoms with van der Waals surface area (Å²) in [5, 5.41) is 4.98. The zero-order valence-electron chi connectivity index (χ0n) is 10.9. The quantitative estimate of drug-likeness (QED) is 0.650. The molecule has 1 aromatic heterocycles. The first-order valence-corrected chi connectivity index (χ1v) is 6.40. The maximum atomic E-state index is 5.91. The SMILES string of the molecule is CCn1ncc(OC)c1C(NN)c1ccc(Cl)cc1. The molecule has 0 spiro atoms. The summed E-state index contributed by atoms with van der Waals surface area (Å²) < 4.78 is 7.21. The lowest BCUT2D eigenvalue weighted by atomic mass is 10.0. The highest BCUT2D eigenvalue weighted by Crippen LogP contribution is 2.30. The molecule has 2 rings (SSSR count). The zero-order chi connectivity index (χ0) is 13.8. The van der Waals surface area contributed by atoms with Gasteiger partial charge in [0.15, 0.2) is 5.75 Å². The summed E-state index contributed by atoms with van der Waals surface area (Å²) in [5.74, 6) is 6.41. The lowest BCUT2D eigenvalue weighted by Crippen LogP contribution is -2.31. The van der Waals surface area contributed by atoms with Gasteiger partial charge in [0.25, 0.3) is 0 Å². The smallest absolute Gasteiger partial charge is 0.161 e. The van der Waals surface area contributed by atoms with E-state index in [0.29, 0.717) is 10.8 Å². The van der Waals surface area contributed by atoms with E-state index in [0.717, 1.165) is 17.8 Å². The van der Waals surface area contributed by atoms with Crippen LogP contribution in [0, 0.1) is 0 Å². The number of hydrazine groups is 1. The molecule has 1 heterocycles. The van der Waals surface area contributed by atoms with E-state index in [1.165, 1.54) is 0 Å². The van der Waals surface area contributed by atoms with Gasteiger partial charge in [0.2, 0.25) is 0 Å². The van der Waals surface area contributed by atoms with Gasteiger partial charge in [0.1, 0.15) is 5.69 Å². The fourth-order valence-corrected chi connectivity index (χ4v) is 2.19.